The lowest BCUT2D eigenvalue weighted by molar-refractivity contribution is -0.139. The Hall–Kier alpha value is -2.08. The van der Waals surface area contributed by atoms with Gasteiger partial charge in [0.25, 0.3) is 0 Å². The second kappa shape index (κ2) is 6.19. The van der Waals surface area contributed by atoms with E-state index in [1.54, 1.807) is 38.1 Å². The van der Waals surface area contributed by atoms with Crippen molar-refractivity contribution in [2.24, 2.45) is 11.1 Å². The molecule has 4 N–H and O–H groups in total. The molecule has 1 aromatic rings. The van der Waals surface area contributed by atoms with Crippen LogP contribution in [0.1, 0.15) is 13.8 Å². The molecule has 1 rings (SSSR count). The number of benzene rings is 1. The first-order chi connectivity index (χ1) is 8.85. The summed E-state index contributed by atoms with van der Waals surface area (Å²) in [7, 11) is 0. The molecule has 6 nitrogen and oxygen atoms in total. The number of amides is 1. The number of aliphatic carboxylic acids is 1. The number of nitrogens with one attached hydrogen (secondary N) is 1. The van der Waals surface area contributed by atoms with E-state index in [9.17, 15) is 9.59 Å². The average Bonchev–Trinajstić information content (AvgIpc) is 2.36. The van der Waals surface area contributed by atoms with Crippen LogP contribution in [0.5, 0.6) is 5.75 Å². The van der Waals surface area contributed by atoms with Crippen LogP contribution < -0.4 is 15.8 Å². The molecule has 0 saturated carbocycles. The zero-order chi connectivity index (χ0) is 14.5. The fraction of sp³-hybridized carbons (Fsp3) is 0.385. The monoisotopic (exact) mass is 266 g/mol. The van der Waals surface area contributed by atoms with Crippen molar-refractivity contribution in [1.29, 1.82) is 0 Å². The van der Waals surface area contributed by atoms with Gasteiger partial charge in [-0.25, -0.2) is 4.79 Å². The molecular weight excluding hydrogens is 248 g/mol. The molecule has 0 fully saturated rings. The van der Waals surface area contributed by atoms with E-state index in [1.165, 1.54) is 0 Å². The number of carbonyl (C=O) groups excluding carboxylic acids is 1. The summed E-state index contributed by atoms with van der Waals surface area (Å²) in [5.41, 5.74) is 5.39. The van der Waals surface area contributed by atoms with Crippen LogP contribution in [-0.2, 0) is 9.59 Å². The molecule has 0 spiro atoms. The number of hydrogen-bond donors (Lipinski definition) is 3. The standard InChI is InChI=1S/C13H18N2O4/c1-13(2,8-14)12(18)15-9-4-3-5-10(6-9)19-7-11(16)17/h3-6H,7-8,14H2,1-2H3,(H,15,18)(H,16,17). The van der Waals surface area contributed by atoms with Crippen LogP contribution in [0.3, 0.4) is 0 Å². The summed E-state index contributed by atoms with van der Waals surface area (Å²) in [5, 5.41) is 11.2. The summed E-state index contributed by atoms with van der Waals surface area (Å²) in [5.74, 6) is -0.880. The normalized spacial score (nSPS) is 10.9. The van der Waals surface area contributed by atoms with E-state index < -0.39 is 18.0 Å². The van der Waals surface area contributed by atoms with Gasteiger partial charge in [-0.15, -0.1) is 0 Å². The summed E-state index contributed by atoms with van der Waals surface area (Å²) in [4.78, 5) is 22.3. The molecule has 0 bridgehead atoms. The van der Waals surface area contributed by atoms with Crippen molar-refractivity contribution < 1.29 is 19.4 Å². The number of anilines is 1. The van der Waals surface area contributed by atoms with Gasteiger partial charge in [0, 0.05) is 18.3 Å². The topological polar surface area (TPSA) is 102 Å². The van der Waals surface area contributed by atoms with E-state index in [0.29, 0.717) is 11.4 Å². The van der Waals surface area contributed by atoms with E-state index in [0.717, 1.165) is 0 Å². The van der Waals surface area contributed by atoms with E-state index in [4.69, 9.17) is 15.6 Å². The third-order valence-electron chi connectivity index (χ3n) is 2.58. The minimum absolute atomic E-state index is 0.203. The van der Waals surface area contributed by atoms with Gasteiger partial charge in [-0.05, 0) is 26.0 Å². The molecule has 0 aliphatic heterocycles. The minimum Gasteiger partial charge on any atom is -0.482 e. The number of hydrogen-bond acceptors (Lipinski definition) is 4. The fourth-order valence-corrected chi connectivity index (χ4v) is 1.20. The van der Waals surface area contributed by atoms with Crippen LogP contribution in [0.15, 0.2) is 24.3 Å². The Labute approximate surface area is 111 Å². The van der Waals surface area contributed by atoms with Crippen LogP contribution in [0.2, 0.25) is 0 Å². The Morgan fingerprint density at radius 1 is 1.42 bits per heavy atom. The van der Waals surface area contributed by atoms with Crippen molar-refractivity contribution in [3.63, 3.8) is 0 Å². The second-order valence-corrected chi connectivity index (χ2v) is 4.75. The molecule has 0 radical (unpaired) electrons. The summed E-state index contributed by atoms with van der Waals surface area (Å²) >= 11 is 0. The van der Waals surface area contributed by atoms with Crippen molar-refractivity contribution in [1.82, 2.24) is 0 Å². The van der Waals surface area contributed by atoms with Crippen LogP contribution in [-0.4, -0.2) is 30.1 Å². The first-order valence-corrected chi connectivity index (χ1v) is 5.81. The highest BCUT2D eigenvalue weighted by atomic mass is 16.5. The van der Waals surface area contributed by atoms with Gasteiger partial charge in [-0.1, -0.05) is 6.07 Å². The van der Waals surface area contributed by atoms with Gasteiger partial charge in [0.2, 0.25) is 5.91 Å². The molecule has 0 aliphatic rings. The number of nitrogens with two attached hydrogens (primary N) is 1. The molecule has 0 unspecified atom stereocenters. The zero-order valence-electron chi connectivity index (χ0n) is 11.0. The highest BCUT2D eigenvalue weighted by Crippen LogP contribution is 2.20. The highest BCUT2D eigenvalue weighted by Gasteiger charge is 2.25. The predicted molar refractivity (Wildman–Crippen MR) is 71.0 cm³/mol. The lowest BCUT2D eigenvalue weighted by Crippen LogP contribution is -2.37. The molecule has 6 heteroatoms. The number of rotatable bonds is 6. The summed E-state index contributed by atoms with van der Waals surface area (Å²) in [6.07, 6.45) is 0. The molecule has 0 atom stereocenters. The average molecular weight is 266 g/mol. The van der Waals surface area contributed by atoms with Crippen molar-refractivity contribution >= 4 is 17.6 Å². The zero-order valence-corrected chi connectivity index (χ0v) is 11.0. The van der Waals surface area contributed by atoms with Gasteiger partial charge in [0.05, 0.1) is 5.41 Å². The SMILES string of the molecule is CC(C)(CN)C(=O)Nc1cccc(OCC(=O)O)c1. The van der Waals surface area contributed by atoms with E-state index in [1.807, 2.05) is 0 Å². The Kier molecular flexibility index (Phi) is 4.88. The molecule has 0 aromatic heterocycles. The van der Waals surface area contributed by atoms with E-state index >= 15 is 0 Å². The van der Waals surface area contributed by atoms with Crippen molar-refractivity contribution in [2.45, 2.75) is 13.8 Å². The van der Waals surface area contributed by atoms with Gasteiger partial charge in [-0.2, -0.15) is 0 Å². The quantitative estimate of drug-likeness (QED) is 0.715. The Bertz CT molecular complexity index is 471. The van der Waals surface area contributed by atoms with Gasteiger partial charge < -0.3 is 20.9 Å². The smallest absolute Gasteiger partial charge is 0.341 e. The van der Waals surface area contributed by atoms with Crippen LogP contribution in [0, 0.1) is 5.41 Å². The molecule has 19 heavy (non-hydrogen) atoms. The molecule has 0 heterocycles. The highest BCUT2D eigenvalue weighted by molar-refractivity contribution is 5.95. The fourth-order valence-electron chi connectivity index (χ4n) is 1.20. The van der Waals surface area contributed by atoms with Gasteiger partial charge >= 0.3 is 5.97 Å². The lowest BCUT2D eigenvalue weighted by atomic mass is 9.92. The van der Waals surface area contributed by atoms with Crippen molar-refractivity contribution in [3.05, 3.63) is 24.3 Å². The maximum absolute atomic E-state index is 11.9. The lowest BCUT2D eigenvalue weighted by Gasteiger charge is -2.21. The number of ether oxygens (including phenoxy) is 1. The van der Waals surface area contributed by atoms with Crippen LogP contribution in [0.25, 0.3) is 0 Å². The maximum Gasteiger partial charge on any atom is 0.341 e. The van der Waals surface area contributed by atoms with Crippen molar-refractivity contribution in [3.8, 4) is 5.75 Å². The molecule has 0 saturated heterocycles. The van der Waals surface area contributed by atoms with Crippen LogP contribution in [0.4, 0.5) is 5.69 Å². The summed E-state index contributed by atoms with van der Waals surface area (Å²) < 4.78 is 5.03. The molecular formula is C13H18N2O4. The number of carboxylic acids is 1. The largest absolute Gasteiger partial charge is 0.482 e. The molecule has 104 valence electrons. The van der Waals surface area contributed by atoms with Crippen molar-refractivity contribution in [2.75, 3.05) is 18.5 Å². The van der Waals surface area contributed by atoms with Gasteiger partial charge in [-0.3, -0.25) is 4.79 Å². The van der Waals surface area contributed by atoms with Gasteiger partial charge in [0.15, 0.2) is 6.61 Å². The Morgan fingerprint density at radius 3 is 2.68 bits per heavy atom. The number of carbonyl (C=O) groups is 2. The maximum atomic E-state index is 11.9. The minimum atomic E-state index is -1.06. The molecule has 0 aliphatic carbocycles. The van der Waals surface area contributed by atoms with Crippen LogP contribution >= 0.6 is 0 Å². The summed E-state index contributed by atoms with van der Waals surface area (Å²) in [6, 6.07) is 6.54. The molecule has 1 amide bonds. The molecule has 1 aromatic carbocycles. The third kappa shape index (κ3) is 4.59. The number of carboxylic acid groups (broad SMARTS) is 1. The Morgan fingerprint density at radius 2 is 2.11 bits per heavy atom. The third-order valence-corrected chi connectivity index (χ3v) is 2.58. The van der Waals surface area contributed by atoms with Gasteiger partial charge in [0.1, 0.15) is 5.75 Å². The van der Waals surface area contributed by atoms with E-state index in [-0.39, 0.29) is 12.5 Å². The second-order valence-electron chi connectivity index (χ2n) is 4.75. The van der Waals surface area contributed by atoms with E-state index in [2.05, 4.69) is 5.32 Å². The predicted octanol–water partition coefficient (Wildman–Crippen LogP) is 1.07. The Balaban J connectivity index is 2.72. The first-order valence-electron chi connectivity index (χ1n) is 5.81. The summed E-state index contributed by atoms with van der Waals surface area (Å²) in [6.45, 7) is 3.29. The first kappa shape index (κ1) is 15.0.